The van der Waals surface area contributed by atoms with E-state index in [-0.39, 0.29) is 5.91 Å². The molecule has 1 N–H and O–H groups in total. The minimum absolute atomic E-state index is 0.0154. The number of nitrogens with zero attached hydrogens (tertiary/aromatic N) is 2. The number of carbonyl (C=O) groups excluding carboxylic acids is 1. The summed E-state index contributed by atoms with van der Waals surface area (Å²) in [5.74, 6) is 0.777. The average molecular weight is 513 g/mol. The van der Waals surface area contributed by atoms with E-state index < -0.39 is 0 Å². The monoisotopic (exact) mass is 511 g/mol. The predicted molar refractivity (Wildman–Crippen MR) is 135 cm³/mol. The number of carbonyl (C=O) groups is 1. The van der Waals surface area contributed by atoms with Crippen LogP contribution < -0.4 is 5.32 Å². The van der Waals surface area contributed by atoms with Gasteiger partial charge in [-0.05, 0) is 109 Å². The molecule has 2 heterocycles. The third kappa shape index (κ3) is 6.54. The van der Waals surface area contributed by atoms with E-state index in [9.17, 15) is 4.79 Å². The van der Waals surface area contributed by atoms with Crippen molar-refractivity contribution in [2.75, 3.05) is 19.6 Å². The molecule has 2 aromatic rings. The zero-order chi connectivity index (χ0) is 22.3. The minimum Gasteiger partial charge on any atom is -0.350 e. The summed E-state index contributed by atoms with van der Waals surface area (Å²) < 4.78 is 1.05. The van der Waals surface area contributed by atoms with Crippen LogP contribution in [0.15, 0.2) is 40.2 Å². The SMILES string of the molecule is N#Cc1ccc2c(c1)CCN(CCC1CCC(NC(=O)/C=C/c3cc(Br)cs3)CC1)CC2. The van der Waals surface area contributed by atoms with Gasteiger partial charge in [0, 0.05) is 39.9 Å². The third-order valence-corrected chi connectivity index (χ3v) is 8.42. The minimum atomic E-state index is 0.0154. The molecule has 1 aromatic carbocycles. The first kappa shape index (κ1) is 23.2. The molecular formula is C26H30BrN3OS. The highest BCUT2D eigenvalue weighted by molar-refractivity contribution is 9.10. The first-order chi connectivity index (χ1) is 15.6. The van der Waals surface area contributed by atoms with Crippen LogP contribution in [0.5, 0.6) is 0 Å². The van der Waals surface area contributed by atoms with Crippen LogP contribution in [0, 0.1) is 17.2 Å². The molecule has 1 amide bonds. The van der Waals surface area contributed by atoms with E-state index in [0.717, 1.165) is 66.1 Å². The van der Waals surface area contributed by atoms with Gasteiger partial charge >= 0.3 is 0 Å². The number of rotatable bonds is 6. The predicted octanol–water partition coefficient (Wildman–Crippen LogP) is 5.56. The molecule has 0 radical (unpaired) electrons. The van der Waals surface area contributed by atoms with Gasteiger partial charge in [-0.3, -0.25) is 4.79 Å². The molecule has 1 fully saturated rings. The van der Waals surface area contributed by atoms with Crippen molar-refractivity contribution in [3.63, 3.8) is 0 Å². The Labute approximate surface area is 203 Å². The highest BCUT2D eigenvalue weighted by Crippen LogP contribution is 2.28. The second-order valence-electron chi connectivity index (χ2n) is 8.95. The van der Waals surface area contributed by atoms with Gasteiger partial charge in [0.05, 0.1) is 11.6 Å². The van der Waals surface area contributed by atoms with Gasteiger partial charge in [-0.1, -0.05) is 6.07 Å². The number of nitrogens with one attached hydrogen (secondary N) is 1. The third-order valence-electron chi connectivity index (χ3n) is 6.76. The smallest absolute Gasteiger partial charge is 0.244 e. The molecule has 4 rings (SSSR count). The van der Waals surface area contributed by atoms with E-state index in [0.29, 0.717) is 6.04 Å². The number of benzene rings is 1. The summed E-state index contributed by atoms with van der Waals surface area (Å²) in [5, 5.41) is 14.3. The Morgan fingerprint density at radius 3 is 2.69 bits per heavy atom. The lowest BCUT2D eigenvalue weighted by Gasteiger charge is -2.30. The summed E-state index contributed by atoms with van der Waals surface area (Å²) in [4.78, 5) is 15.9. The normalized spacial score (nSPS) is 21.6. The Bertz CT molecular complexity index is 1000. The summed E-state index contributed by atoms with van der Waals surface area (Å²) in [6.07, 6.45) is 11.5. The molecule has 0 spiro atoms. The fourth-order valence-electron chi connectivity index (χ4n) is 4.85. The van der Waals surface area contributed by atoms with Crippen molar-refractivity contribution in [1.82, 2.24) is 10.2 Å². The lowest BCUT2D eigenvalue weighted by atomic mass is 9.84. The zero-order valence-corrected chi connectivity index (χ0v) is 20.8. The molecule has 4 nitrogen and oxygen atoms in total. The number of thiophene rings is 1. The molecule has 2 aliphatic rings. The Morgan fingerprint density at radius 2 is 1.97 bits per heavy atom. The second-order valence-corrected chi connectivity index (χ2v) is 10.8. The standard InChI is InChI=1S/C26H30BrN3OS/c27-23-16-25(32-18-23)7-8-26(31)29-24-5-2-19(3-6-24)9-12-30-13-10-21-4-1-20(17-28)15-22(21)11-14-30/h1,4,7-8,15-16,18-19,24H,2-3,5-6,9-14H2,(H,29,31)/b8-7+. The average Bonchev–Trinajstić information content (AvgIpc) is 3.12. The van der Waals surface area contributed by atoms with E-state index in [1.165, 1.54) is 30.4 Å². The van der Waals surface area contributed by atoms with Gasteiger partial charge in [0.25, 0.3) is 0 Å². The molecule has 0 saturated heterocycles. The summed E-state index contributed by atoms with van der Waals surface area (Å²) in [6, 6.07) is 10.7. The van der Waals surface area contributed by atoms with Gasteiger partial charge in [0.1, 0.15) is 0 Å². The summed E-state index contributed by atoms with van der Waals surface area (Å²) in [7, 11) is 0. The molecule has 0 unspecified atom stereocenters. The highest BCUT2D eigenvalue weighted by Gasteiger charge is 2.23. The van der Waals surface area contributed by atoms with Gasteiger partial charge in [0.15, 0.2) is 0 Å². The number of hydrogen-bond acceptors (Lipinski definition) is 4. The zero-order valence-electron chi connectivity index (χ0n) is 18.4. The molecule has 1 aliphatic heterocycles. The van der Waals surface area contributed by atoms with Crippen molar-refractivity contribution in [1.29, 1.82) is 5.26 Å². The van der Waals surface area contributed by atoms with Crippen LogP contribution in [0.1, 0.15) is 53.7 Å². The molecule has 0 atom stereocenters. The maximum Gasteiger partial charge on any atom is 0.244 e. The largest absolute Gasteiger partial charge is 0.350 e. The molecule has 1 aliphatic carbocycles. The Kier molecular flexibility index (Phi) is 8.18. The molecule has 1 aromatic heterocycles. The summed E-state index contributed by atoms with van der Waals surface area (Å²) in [5.41, 5.74) is 3.53. The van der Waals surface area contributed by atoms with Gasteiger partial charge in [0.2, 0.25) is 5.91 Å². The van der Waals surface area contributed by atoms with E-state index in [4.69, 9.17) is 5.26 Å². The Balaban J connectivity index is 1.16. The quantitative estimate of drug-likeness (QED) is 0.516. The lowest BCUT2D eigenvalue weighted by Crippen LogP contribution is -2.37. The van der Waals surface area contributed by atoms with Crippen LogP contribution in [0.25, 0.3) is 6.08 Å². The topological polar surface area (TPSA) is 56.1 Å². The van der Waals surface area contributed by atoms with Crippen molar-refractivity contribution in [2.45, 2.75) is 51.0 Å². The van der Waals surface area contributed by atoms with Gasteiger partial charge in [-0.2, -0.15) is 5.26 Å². The first-order valence-electron chi connectivity index (χ1n) is 11.6. The van der Waals surface area contributed by atoms with Gasteiger partial charge in [-0.25, -0.2) is 0 Å². The van der Waals surface area contributed by atoms with Crippen molar-refractivity contribution in [2.24, 2.45) is 5.92 Å². The van der Waals surface area contributed by atoms with E-state index >= 15 is 0 Å². The van der Waals surface area contributed by atoms with Crippen LogP contribution in [0.2, 0.25) is 0 Å². The maximum atomic E-state index is 12.2. The highest BCUT2D eigenvalue weighted by atomic mass is 79.9. The molecule has 168 valence electrons. The molecule has 6 heteroatoms. The van der Waals surface area contributed by atoms with E-state index in [2.05, 4.69) is 44.3 Å². The van der Waals surface area contributed by atoms with Crippen LogP contribution in [-0.4, -0.2) is 36.5 Å². The van der Waals surface area contributed by atoms with Crippen molar-refractivity contribution in [3.05, 3.63) is 61.8 Å². The fourth-order valence-corrected chi connectivity index (χ4v) is 6.18. The first-order valence-corrected chi connectivity index (χ1v) is 13.2. The lowest BCUT2D eigenvalue weighted by molar-refractivity contribution is -0.117. The molecule has 0 bridgehead atoms. The van der Waals surface area contributed by atoms with E-state index in [1.54, 1.807) is 17.4 Å². The van der Waals surface area contributed by atoms with Crippen LogP contribution in [0.4, 0.5) is 0 Å². The number of halogens is 1. The van der Waals surface area contributed by atoms with Crippen molar-refractivity contribution in [3.8, 4) is 6.07 Å². The molecule has 1 saturated carbocycles. The summed E-state index contributed by atoms with van der Waals surface area (Å²) in [6.45, 7) is 3.35. The summed E-state index contributed by atoms with van der Waals surface area (Å²) >= 11 is 5.06. The van der Waals surface area contributed by atoms with Crippen LogP contribution in [-0.2, 0) is 17.6 Å². The Morgan fingerprint density at radius 1 is 1.19 bits per heavy atom. The molecular weight excluding hydrogens is 482 g/mol. The number of amides is 1. The van der Waals surface area contributed by atoms with Crippen LogP contribution >= 0.6 is 27.3 Å². The fraction of sp³-hybridized carbons (Fsp3) is 0.462. The van der Waals surface area contributed by atoms with E-state index in [1.807, 2.05) is 23.6 Å². The second kappa shape index (κ2) is 11.3. The van der Waals surface area contributed by atoms with Gasteiger partial charge in [-0.15, -0.1) is 11.3 Å². The van der Waals surface area contributed by atoms with Crippen molar-refractivity contribution >= 4 is 39.2 Å². The van der Waals surface area contributed by atoms with Gasteiger partial charge < -0.3 is 10.2 Å². The molecule has 32 heavy (non-hydrogen) atoms. The van der Waals surface area contributed by atoms with Crippen molar-refractivity contribution < 1.29 is 4.79 Å². The Hall–Kier alpha value is -1.94. The van der Waals surface area contributed by atoms with Crippen LogP contribution in [0.3, 0.4) is 0 Å². The number of nitriles is 1. The maximum absolute atomic E-state index is 12.2. The number of hydrogen-bond donors (Lipinski definition) is 1. The number of fused-ring (bicyclic) bond motifs is 1.